The van der Waals surface area contributed by atoms with Crippen molar-refractivity contribution in [3.05, 3.63) is 30.0 Å². The molecule has 3 atom stereocenters. The van der Waals surface area contributed by atoms with Crippen LogP contribution in [0.2, 0.25) is 0 Å². The molecule has 6 nitrogen and oxygen atoms in total. The molecule has 1 aliphatic heterocycles. The third-order valence-corrected chi connectivity index (χ3v) is 5.89. The average molecular weight is 341 g/mol. The number of aromatic nitrogens is 2. The summed E-state index contributed by atoms with van der Waals surface area (Å²) in [4.78, 5) is 26.5. The Morgan fingerprint density at radius 1 is 1.20 bits per heavy atom. The van der Waals surface area contributed by atoms with Gasteiger partial charge in [0.1, 0.15) is 0 Å². The molecule has 25 heavy (non-hydrogen) atoms. The second-order valence-electron chi connectivity index (χ2n) is 7.23. The van der Waals surface area contributed by atoms with Crippen molar-refractivity contribution in [2.45, 2.75) is 44.6 Å². The maximum absolute atomic E-state index is 13.0. The van der Waals surface area contributed by atoms with E-state index in [1.54, 1.807) is 0 Å². The first kappa shape index (κ1) is 16.1. The molecule has 4 rings (SSSR count). The predicted molar refractivity (Wildman–Crippen MR) is 93.0 cm³/mol. The van der Waals surface area contributed by atoms with E-state index in [0.29, 0.717) is 19.4 Å². The van der Waals surface area contributed by atoms with Crippen LogP contribution in [0.1, 0.15) is 37.8 Å². The Hall–Kier alpha value is -2.37. The number of carbonyl (C=O) groups excluding carboxylic acids is 1. The lowest BCUT2D eigenvalue weighted by Gasteiger charge is -2.46. The Labute approximate surface area is 146 Å². The van der Waals surface area contributed by atoms with Gasteiger partial charge in [-0.3, -0.25) is 14.7 Å². The van der Waals surface area contributed by atoms with Crippen LogP contribution in [-0.4, -0.2) is 44.7 Å². The third kappa shape index (κ3) is 2.90. The summed E-state index contributed by atoms with van der Waals surface area (Å²) in [6, 6.07) is 7.85. The number of hydrogen-bond acceptors (Lipinski definition) is 3. The van der Waals surface area contributed by atoms with E-state index in [1.165, 1.54) is 0 Å². The van der Waals surface area contributed by atoms with E-state index in [0.717, 1.165) is 42.3 Å². The number of aliphatic carboxylic acids is 1. The van der Waals surface area contributed by atoms with E-state index in [1.807, 2.05) is 29.2 Å². The van der Waals surface area contributed by atoms with Crippen molar-refractivity contribution in [2.75, 3.05) is 6.54 Å². The second kappa shape index (κ2) is 6.50. The highest BCUT2D eigenvalue weighted by Gasteiger charge is 2.43. The van der Waals surface area contributed by atoms with Crippen LogP contribution in [0.25, 0.3) is 10.9 Å². The zero-order chi connectivity index (χ0) is 17.4. The quantitative estimate of drug-likeness (QED) is 0.898. The van der Waals surface area contributed by atoms with Crippen molar-refractivity contribution in [3.63, 3.8) is 0 Å². The highest BCUT2D eigenvalue weighted by molar-refractivity contribution is 5.87. The van der Waals surface area contributed by atoms with Gasteiger partial charge in [-0.25, -0.2) is 0 Å². The number of nitrogens with one attached hydrogen (secondary N) is 1. The van der Waals surface area contributed by atoms with Crippen LogP contribution in [-0.2, 0) is 16.0 Å². The number of carbonyl (C=O) groups is 2. The number of carboxylic acid groups (broad SMARTS) is 1. The Kier molecular flexibility index (Phi) is 4.19. The van der Waals surface area contributed by atoms with Gasteiger partial charge in [-0.1, -0.05) is 31.0 Å². The summed E-state index contributed by atoms with van der Waals surface area (Å²) in [6.45, 7) is 0.545. The van der Waals surface area contributed by atoms with Crippen LogP contribution in [0.4, 0.5) is 0 Å². The second-order valence-corrected chi connectivity index (χ2v) is 7.23. The molecular formula is C19H23N3O3. The number of piperidine rings is 1. The standard InChI is InChI=1S/C19H23N3O3/c23-18(11-16-14-6-1-3-7-15(14)20-21-16)22-10-9-13(19(24)25)12-5-2-4-8-17(12)22/h1,3,6-7,12-13,17H,2,4-5,8-11H2,(H,20,21)(H,24,25). The molecule has 1 aromatic heterocycles. The van der Waals surface area contributed by atoms with Gasteiger partial charge in [0.05, 0.1) is 23.5 Å². The lowest BCUT2D eigenvalue weighted by atomic mass is 9.71. The van der Waals surface area contributed by atoms with Crippen LogP contribution < -0.4 is 0 Å². The van der Waals surface area contributed by atoms with Gasteiger partial charge in [-0.15, -0.1) is 0 Å². The first-order valence-corrected chi connectivity index (χ1v) is 9.09. The van der Waals surface area contributed by atoms with Crippen molar-refractivity contribution in [1.82, 2.24) is 15.1 Å². The number of likely N-dealkylation sites (tertiary alicyclic amines) is 1. The van der Waals surface area contributed by atoms with E-state index in [2.05, 4.69) is 10.2 Å². The maximum atomic E-state index is 13.0. The van der Waals surface area contributed by atoms with Crippen molar-refractivity contribution >= 4 is 22.8 Å². The third-order valence-electron chi connectivity index (χ3n) is 5.89. The normalized spacial score (nSPS) is 26.4. The molecule has 0 radical (unpaired) electrons. The molecular weight excluding hydrogens is 318 g/mol. The smallest absolute Gasteiger partial charge is 0.306 e. The van der Waals surface area contributed by atoms with Crippen LogP contribution in [0, 0.1) is 11.8 Å². The van der Waals surface area contributed by atoms with Crippen LogP contribution in [0.5, 0.6) is 0 Å². The average Bonchev–Trinajstić information content (AvgIpc) is 3.03. The van der Waals surface area contributed by atoms with E-state index in [-0.39, 0.29) is 23.8 Å². The first-order chi connectivity index (χ1) is 12.1. The molecule has 1 saturated heterocycles. The first-order valence-electron chi connectivity index (χ1n) is 9.09. The Morgan fingerprint density at radius 3 is 2.84 bits per heavy atom. The van der Waals surface area contributed by atoms with Crippen molar-refractivity contribution in [3.8, 4) is 0 Å². The van der Waals surface area contributed by atoms with Crippen molar-refractivity contribution in [1.29, 1.82) is 0 Å². The predicted octanol–water partition coefficient (Wildman–Crippen LogP) is 2.60. The Morgan fingerprint density at radius 2 is 2.00 bits per heavy atom. The fourth-order valence-corrected chi connectivity index (χ4v) is 4.67. The molecule has 1 aromatic carbocycles. The molecule has 2 aliphatic rings. The number of rotatable bonds is 3. The van der Waals surface area contributed by atoms with E-state index < -0.39 is 5.97 Å². The van der Waals surface area contributed by atoms with Crippen LogP contribution in [0.15, 0.2) is 24.3 Å². The molecule has 1 saturated carbocycles. The van der Waals surface area contributed by atoms with Gasteiger partial charge in [-0.05, 0) is 31.2 Å². The van der Waals surface area contributed by atoms with Crippen LogP contribution >= 0.6 is 0 Å². The zero-order valence-electron chi connectivity index (χ0n) is 14.1. The summed E-state index contributed by atoms with van der Waals surface area (Å²) in [5.41, 5.74) is 1.71. The number of amides is 1. The SMILES string of the molecule is O=C(O)C1CCN(C(=O)Cc2[nH]nc3ccccc23)C2CCCCC12. The Bertz CT molecular complexity index is 800. The van der Waals surface area contributed by atoms with E-state index >= 15 is 0 Å². The van der Waals surface area contributed by atoms with Crippen molar-refractivity contribution < 1.29 is 14.7 Å². The van der Waals surface area contributed by atoms with Crippen molar-refractivity contribution in [2.24, 2.45) is 11.8 Å². The molecule has 1 aliphatic carbocycles. The van der Waals surface area contributed by atoms with Gasteiger partial charge < -0.3 is 10.0 Å². The number of aromatic amines is 1. The number of nitrogens with zero attached hydrogens (tertiary/aromatic N) is 2. The van der Waals surface area contributed by atoms with Gasteiger partial charge in [0.15, 0.2) is 0 Å². The summed E-state index contributed by atoms with van der Waals surface area (Å²) < 4.78 is 0. The lowest BCUT2D eigenvalue weighted by Crippen LogP contribution is -2.54. The minimum atomic E-state index is -0.705. The maximum Gasteiger partial charge on any atom is 0.306 e. The molecule has 6 heteroatoms. The topological polar surface area (TPSA) is 86.3 Å². The molecule has 1 amide bonds. The molecule has 3 unspecified atom stereocenters. The fourth-order valence-electron chi connectivity index (χ4n) is 4.67. The molecule has 0 bridgehead atoms. The molecule has 2 heterocycles. The summed E-state index contributed by atoms with van der Waals surface area (Å²) >= 11 is 0. The summed E-state index contributed by atoms with van der Waals surface area (Å²) in [5, 5.41) is 17.7. The van der Waals surface area contributed by atoms with Crippen LogP contribution in [0.3, 0.4) is 0 Å². The molecule has 2 aromatic rings. The monoisotopic (exact) mass is 341 g/mol. The molecule has 2 N–H and O–H groups in total. The highest BCUT2D eigenvalue weighted by Crippen LogP contribution is 2.39. The number of fused-ring (bicyclic) bond motifs is 2. The largest absolute Gasteiger partial charge is 0.481 e. The number of benzene rings is 1. The number of H-pyrrole nitrogens is 1. The molecule has 132 valence electrons. The van der Waals surface area contributed by atoms with E-state index in [9.17, 15) is 14.7 Å². The number of hydrogen-bond donors (Lipinski definition) is 2. The highest BCUT2D eigenvalue weighted by atomic mass is 16.4. The number of para-hydroxylation sites is 1. The summed E-state index contributed by atoms with van der Waals surface area (Å²) in [5.74, 6) is -0.830. The molecule has 0 spiro atoms. The lowest BCUT2D eigenvalue weighted by molar-refractivity contribution is -0.153. The summed E-state index contributed by atoms with van der Waals surface area (Å²) in [7, 11) is 0. The fraction of sp³-hybridized carbons (Fsp3) is 0.526. The van der Waals surface area contributed by atoms with Gasteiger partial charge in [0.25, 0.3) is 0 Å². The zero-order valence-corrected chi connectivity index (χ0v) is 14.1. The van der Waals surface area contributed by atoms with E-state index in [4.69, 9.17) is 0 Å². The molecule has 2 fully saturated rings. The van der Waals surface area contributed by atoms with Gasteiger partial charge in [0.2, 0.25) is 5.91 Å². The van der Waals surface area contributed by atoms with Gasteiger partial charge >= 0.3 is 5.97 Å². The van der Waals surface area contributed by atoms with Gasteiger partial charge in [0, 0.05) is 18.0 Å². The minimum absolute atomic E-state index is 0.0743. The Balaban J connectivity index is 1.54. The number of carboxylic acids is 1. The minimum Gasteiger partial charge on any atom is -0.481 e. The van der Waals surface area contributed by atoms with Gasteiger partial charge in [-0.2, -0.15) is 5.10 Å². The summed E-state index contributed by atoms with van der Waals surface area (Å²) in [6.07, 6.45) is 4.83.